The molecule has 8 aliphatic rings. The van der Waals surface area contributed by atoms with Crippen molar-refractivity contribution in [2.45, 2.75) is 43.9 Å². The molecule has 0 amide bonds. The standard InChI is InChI=1S/C50H48O13Si8/c1-8-22-42(23-9-1)65-52-64(39-38-41-36-37-49-50(40-41)51-49)53-66(43-24-10-2-11-25-43)57-68(55-65,45-28-14-4-15-29-45)61-71(48-34-20-7-21-35-48)62-69(56-65,46-30-16-5-17-31-46)58-67(54-64,44-26-12-3-13-27-44)60-70(59-66,63-71)47-32-18-6-19-33-47/h1-35,41,49-50H,36-40H2. The van der Waals surface area contributed by atoms with E-state index in [0.717, 1.165) is 19.3 Å². The van der Waals surface area contributed by atoms with Crippen molar-refractivity contribution in [3.8, 4) is 0 Å². The third kappa shape index (κ3) is 7.66. The number of hydrogen-bond donors (Lipinski definition) is 0. The van der Waals surface area contributed by atoms with Gasteiger partial charge in [-0.25, -0.2) is 0 Å². The Kier molecular flexibility index (Phi) is 11.0. The van der Waals surface area contributed by atoms with Gasteiger partial charge in [0.05, 0.1) is 12.2 Å². The molecule has 7 aromatic carbocycles. The summed E-state index contributed by atoms with van der Waals surface area (Å²) >= 11 is 0. The van der Waals surface area contributed by atoms with Crippen molar-refractivity contribution in [2.24, 2.45) is 5.92 Å². The van der Waals surface area contributed by atoms with E-state index in [4.69, 9.17) is 54.1 Å². The van der Waals surface area contributed by atoms with E-state index in [1.54, 1.807) is 0 Å². The normalized spacial score (nSPS) is 37.7. The van der Waals surface area contributed by atoms with Gasteiger partial charge in [0.2, 0.25) is 0 Å². The number of benzene rings is 7. The number of ether oxygens (including phenoxy) is 1. The molecule has 0 spiro atoms. The second-order valence-electron chi connectivity index (χ2n) is 18.8. The average Bonchev–Trinajstić information content (AvgIpc) is 4.19. The van der Waals surface area contributed by atoms with E-state index in [1.165, 1.54) is 0 Å². The third-order valence-corrected chi connectivity index (χ3v) is 48.6. The molecule has 7 aromatic rings. The molecule has 358 valence electrons. The van der Waals surface area contributed by atoms with Crippen LogP contribution in [0, 0.1) is 5.92 Å². The predicted molar refractivity (Wildman–Crippen MR) is 277 cm³/mol. The maximum Gasteiger partial charge on any atom is 0.515 e. The Morgan fingerprint density at radius 1 is 0.282 bits per heavy atom. The Morgan fingerprint density at radius 3 is 0.761 bits per heavy atom. The molecule has 3 atom stereocenters. The van der Waals surface area contributed by atoms with E-state index in [0.29, 0.717) is 54.9 Å². The van der Waals surface area contributed by atoms with Crippen LogP contribution < -0.4 is 36.3 Å². The summed E-state index contributed by atoms with van der Waals surface area (Å²) in [5.74, 6) is 0.285. The summed E-state index contributed by atoms with van der Waals surface area (Å²) in [6.07, 6.45) is 4.14. The van der Waals surface area contributed by atoms with Crippen molar-refractivity contribution in [2.75, 3.05) is 0 Å². The van der Waals surface area contributed by atoms with E-state index >= 15 is 0 Å². The zero-order valence-corrected chi connectivity index (χ0v) is 46.3. The number of rotatable bonds is 10. The Labute approximate surface area is 420 Å². The van der Waals surface area contributed by atoms with Gasteiger partial charge in [0.1, 0.15) is 0 Å². The maximum absolute atomic E-state index is 8.21. The molecule has 0 aromatic heterocycles. The van der Waals surface area contributed by atoms with Gasteiger partial charge in [-0.05, 0) is 31.6 Å². The summed E-state index contributed by atoms with van der Waals surface area (Å²) in [4.78, 5) is 0. The van der Waals surface area contributed by atoms with Crippen LogP contribution in [0.2, 0.25) is 6.04 Å². The summed E-state index contributed by atoms with van der Waals surface area (Å²) in [6, 6.07) is 68.6. The van der Waals surface area contributed by atoms with E-state index in [-0.39, 0.29) is 12.0 Å². The predicted octanol–water partition coefficient (Wildman–Crippen LogP) is 4.07. The van der Waals surface area contributed by atoms with Crippen LogP contribution in [-0.2, 0) is 54.1 Å². The number of epoxide rings is 1. The van der Waals surface area contributed by atoms with Gasteiger partial charge in [-0.2, -0.15) is 0 Å². The fraction of sp³-hybridized carbons (Fsp3) is 0.160. The molecule has 15 rings (SSSR count). The van der Waals surface area contributed by atoms with Crippen molar-refractivity contribution >= 4 is 107 Å². The Hall–Kier alpha value is -4.24. The van der Waals surface area contributed by atoms with Crippen LogP contribution in [0.1, 0.15) is 25.7 Å². The van der Waals surface area contributed by atoms with Crippen LogP contribution in [0.4, 0.5) is 0 Å². The molecule has 7 saturated heterocycles. The molecule has 1 aliphatic carbocycles. The highest BCUT2D eigenvalue weighted by molar-refractivity contribution is 7.13. The topological polar surface area (TPSA) is 123 Å². The van der Waals surface area contributed by atoms with Gasteiger partial charge in [-0.15, -0.1) is 0 Å². The van der Waals surface area contributed by atoms with Gasteiger partial charge in [0.15, 0.2) is 0 Å². The lowest BCUT2D eigenvalue weighted by atomic mass is 9.88. The molecule has 8 fully saturated rings. The summed E-state index contributed by atoms with van der Waals surface area (Å²) in [5.41, 5.74) is 0. The lowest BCUT2D eigenvalue weighted by Gasteiger charge is -2.63. The number of fused-ring (bicyclic) bond motifs is 1. The van der Waals surface area contributed by atoms with Crippen molar-refractivity contribution < 1.29 is 54.1 Å². The molecule has 0 N–H and O–H groups in total. The third-order valence-electron chi connectivity index (χ3n) is 14.2. The fourth-order valence-corrected chi connectivity index (χ4v) is 57.5. The highest BCUT2D eigenvalue weighted by atomic mass is 28.6. The van der Waals surface area contributed by atoms with Crippen LogP contribution in [-0.4, -0.2) is 82.6 Å². The van der Waals surface area contributed by atoms with Gasteiger partial charge >= 0.3 is 70.4 Å². The quantitative estimate of drug-likeness (QED) is 0.145. The lowest BCUT2D eigenvalue weighted by molar-refractivity contribution is -0.00707. The molecule has 8 bridgehead atoms. The van der Waals surface area contributed by atoms with E-state index in [1.807, 2.05) is 212 Å². The Morgan fingerprint density at radius 2 is 0.521 bits per heavy atom. The lowest BCUT2D eigenvalue weighted by Crippen LogP contribution is -2.95. The van der Waals surface area contributed by atoms with Crippen molar-refractivity contribution in [3.63, 3.8) is 0 Å². The van der Waals surface area contributed by atoms with E-state index in [2.05, 4.69) is 0 Å². The summed E-state index contributed by atoms with van der Waals surface area (Å²) in [6.45, 7) is 0. The van der Waals surface area contributed by atoms with E-state index in [9.17, 15) is 0 Å². The molecule has 1 saturated carbocycles. The molecule has 7 heterocycles. The van der Waals surface area contributed by atoms with Crippen molar-refractivity contribution in [1.82, 2.24) is 0 Å². The van der Waals surface area contributed by atoms with Crippen molar-refractivity contribution in [3.05, 3.63) is 212 Å². The first-order valence-electron chi connectivity index (χ1n) is 24.2. The number of hydrogen-bond acceptors (Lipinski definition) is 13. The van der Waals surface area contributed by atoms with Gasteiger partial charge < -0.3 is 54.1 Å². The van der Waals surface area contributed by atoms with Crippen LogP contribution in [0.3, 0.4) is 0 Å². The highest BCUT2D eigenvalue weighted by Crippen LogP contribution is 2.50. The molecular formula is C50H48O13Si8. The minimum atomic E-state index is -4.72. The van der Waals surface area contributed by atoms with Gasteiger partial charge in [-0.1, -0.05) is 212 Å². The first-order chi connectivity index (χ1) is 34.8. The van der Waals surface area contributed by atoms with Gasteiger partial charge in [0, 0.05) is 42.4 Å². The van der Waals surface area contributed by atoms with Crippen LogP contribution in [0.15, 0.2) is 212 Å². The highest BCUT2D eigenvalue weighted by Gasteiger charge is 2.86. The summed E-state index contributed by atoms with van der Waals surface area (Å²) in [7, 11) is -37.3. The SMILES string of the molecule is c1ccc([Si]23O[Si]4(CCC5CCC6OC6C5)O[Si]5(c6ccccc6)O[Si](c6ccccc6)(O2)O[Si]2(c6ccccc6)O[Si](c6ccccc6)(O3)O[Si](c3ccccc3)(O4)O[Si](c3ccccc3)(O5)O2)cc1. The van der Waals surface area contributed by atoms with Crippen molar-refractivity contribution in [1.29, 1.82) is 0 Å². The Bertz CT molecular complexity index is 2750. The first kappa shape index (κ1) is 45.4. The molecule has 3 unspecified atom stereocenters. The molecular weight excluding hydrogens is 1030 g/mol. The zero-order chi connectivity index (χ0) is 47.3. The van der Waals surface area contributed by atoms with Gasteiger partial charge in [0.25, 0.3) is 0 Å². The minimum absolute atomic E-state index is 0.242. The molecule has 0 radical (unpaired) electrons. The second-order valence-corrected chi connectivity index (χ2v) is 42.3. The fourth-order valence-electron chi connectivity index (χ4n) is 10.7. The zero-order valence-electron chi connectivity index (χ0n) is 38.3. The van der Waals surface area contributed by atoms with Crippen LogP contribution in [0.25, 0.3) is 0 Å². The molecule has 21 heteroatoms. The molecule has 13 nitrogen and oxygen atoms in total. The average molecular weight is 1080 g/mol. The largest absolute Gasteiger partial charge is 0.515 e. The first-order valence-corrected chi connectivity index (χ1v) is 38.2. The molecule has 71 heavy (non-hydrogen) atoms. The smallest absolute Gasteiger partial charge is 0.370 e. The maximum atomic E-state index is 8.21. The summed E-state index contributed by atoms with van der Waals surface area (Å²) in [5, 5.41) is 4.26. The van der Waals surface area contributed by atoms with Crippen LogP contribution >= 0.6 is 0 Å². The molecule has 7 aliphatic heterocycles. The Balaban J connectivity index is 1.14. The van der Waals surface area contributed by atoms with Gasteiger partial charge in [-0.3, -0.25) is 0 Å². The van der Waals surface area contributed by atoms with E-state index < -0.39 is 70.4 Å². The minimum Gasteiger partial charge on any atom is -0.370 e. The summed E-state index contributed by atoms with van der Waals surface area (Å²) < 4.78 is 104. The van der Waals surface area contributed by atoms with Crippen LogP contribution in [0.5, 0.6) is 0 Å². The monoisotopic (exact) mass is 1080 g/mol. The second kappa shape index (κ2) is 17.2.